The molecule has 2 N–H and O–H groups in total. The van der Waals surface area contributed by atoms with Crippen LogP contribution in [0.25, 0.3) is 0 Å². The molecule has 1 fully saturated rings. The number of carbonyl (C=O) groups is 1. The molecule has 0 aromatic rings. The van der Waals surface area contributed by atoms with Crippen molar-refractivity contribution < 1.29 is 4.79 Å². The van der Waals surface area contributed by atoms with Gasteiger partial charge in [0, 0.05) is 13.1 Å². The number of rotatable bonds is 3. The van der Waals surface area contributed by atoms with Crippen LogP contribution >= 0.6 is 0 Å². The molecule has 1 rings (SSSR count). The zero-order valence-corrected chi connectivity index (χ0v) is 8.79. The van der Waals surface area contributed by atoms with Gasteiger partial charge in [-0.1, -0.05) is 0 Å². The first-order chi connectivity index (χ1) is 6.51. The third-order valence-electron chi connectivity index (χ3n) is 3.04. The van der Waals surface area contributed by atoms with Crippen LogP contribution < -0.4 is 5.73 Å². The predicted octanol–water partition coefficient (Wildman–Crippen LogP) is 0.628. The molecule has 0 aromatic heterocycles. The number of hydrogen-bond donors (Lipinski definition) is 1. The van der Waals surface area contributed by atoms with Crippen molar-refractivity contribution in [3.8, 4) is 6.07 Å². The quantitative estimate of drug-likeness (QED) is 0.718. The normalized spacial score (nSPS) is 20.4. The summed E-state index contributed by atoms with van der Waals surface area (Å²) in [6.07, 6.45) is 2.94. The lowest BCUT2D eigenvalue weighted by Gasteiger charge is -2.40. The average Bonchev–Trinajstić information content (AvgIpc) is 2.12. The summed E-state index contributed by atoms with van der Waals surface area (Å²) in [7, 11) is 1.72. The van der Waals surface area contributed by atoms with Crippen LogP contribution in [0.3, 0.4) is 0 Å². The topological polar surface area (TPSA) is 70.1 Å². The molecule has 0 aliphatic heterocycles. The molecule has 0 saturated heterocycles. The van der Waals surface area contributed by atoms with Gasteiger partial charge in [-0.3, -0.25) is 4.79 Å². The van der Waals surface area contributed by atoms with Crippen LogP contribution in [0.1, 0.15) is 32.6 Å². The summed E-state index contributed by atoms with van der Waals surface area (Å²) in [5, 5.41) is 8.52. The maximum Gasteiger partial charge on any atom is 0.242 e. The predicted molar refractivity (Wildman–Crippen MR) is 53.2 cm³/mol. The second-order valence-electron chi connectivity index (χ2n) is 4.14. The summed E-state index contributed by atoms with van der Waals surface area (Å²) >= 11 is 0. The van der Waals surface area contributed by atoms with E-state index in [1.165, 1.54) is 0 Å². The Labute approximate surface area is 84.7 Å². The van der Waals surface area contributed by atoms with E-state index >= 15 is 0 Å². The molecule has 0 radical (unpaired) electrons. The van der Waals surface area contributed by atoms with Crippen LogP contribution in [0, 0.1) is 11.3 Å². The van der Waals surface area contributed by atoms with Gasteiger partial charge in [0.25, 0.3) is 0 Å². The number of nitrogens with two attached hydrogens (primary N) is 1. The van der Waals surface area contributed by atoms with Gasteiger partial charge in [0.05, 0.1) is 18.0 Å². The molecule has 1 atom stereocenters. The van der Waals surface area contributed by atoms with Crippen molar-refractivity contribution in [2.45, 2.75) is 44.2 Å². The molecule has 1 aliphatic carbocycles. The number of carbonyl (C=O) groups excluding carboxylic acids is 1. The molecule has 0 aromatic carbocycles. The molecular weight excluding hydrogens is 178 g/mol. The van der Waals surface area contributed by atoms with E-state index in [1.807, 2.05) is 6.92 Å². The van der Waals surface area contributed by atoms with E-state index < -0.39 is 5.54 Å². The summed E-state index contributed by atoms with van der Waals surface area (Å²) in [4.78, 5) is 13.5. The SMILES string of the molecule is CC(CC#N)N(C)C(=O)C1(N)CCC1. The molecule has 14 heavy (non-hydrogen) atoms. The largest absolute Gasteiger partial charge is 0.340 e. The highest BCUT2D eigenvalue weighted by atomic mass is 16.2. The van der Waals surface area contributed by atoms with Gasteiger partial charge in [0.1, 0.15) is 0 Å². The standard InChI is InChI=1S/C10H17N3O/c1-8(4-7-11)13(2)9(14)10(12)5-3-6-10/h8H,3-6,12H2,1-2H3. The second-order valence-corrected chi connectivity index (χ2v) is 4.14. The Kier molecular flexibility index (Phi) is 3.12. The smallest absolute Gasteiger partial charge is 0.242 e. The minimum atomic E-state index is -0.640. The average molecular weight is 195 g/mol. The molecule has 4 nitrogen and oxygen atoms in total. The Morgan fingerprint density at radius 3 is 2.64 bits per heavy atom. The summed E-state index contributed by atoms with van der Waals surface area (Å²) in [6.45, 7) is 1.86. The van der Waals surface area contributed by atoms with Gasteiger partial charge in [-0.05, 0) is 26.2 Å². The lowest BCUT2D eigenvalue weighted by atomic mass is 9.76. The molecule has 1 aliphatic rings. The van der Waals surface area contributed by atoms with Gasteiger partial charge in [0.15, 0.2) is 0 Å². The monoisotopic (exact) mass is 195 g/mol. The fourth-order valence-electron chi connectivity index (χ4n) is 1.59. The Balaban J connectivity index is 2.56. The molecule has 1 amide bonds. The highest BCUT2D eigenvalue weighted by Crippen LogP contribution is 2.31. The van der Waals surface area contributed by atoms with Gasteiger partial charge in [-0.2, -0.15) is 5.26 Å². The molecule has 0 spiro atoms. The van der Waals surface area contributed by atoms with Crippen LogP contribution in [0.2, 0.25) is 0 Å². The van der Waals surface area contributed by atoms with Gasteiger partial charge < -0.3 is 10.6 Å². The molecule has 1 unspecified atom stereocenters. The Bertz CT molecular complexity index is 265. The van der Waals surface area contributed by atoms with E-state index in [1.54, 1.807) is 11.9 Å². The Morgan fingerprint density at radius 2 is 2.29 bits per heavy atom. The number of nitrogens with zero attached hydrogens (tertiary/aromatic N) is 2. The Morgan fingerprint density at radius 1 is 1.71 bits per heavy atom. The summed E-state index contributed by atoms with van der Waals surface area (Å²) in [5.41, 5.74) is 5.27. The third kappa shape index (κ3) is 1.88. The fourth-order valence-corrected chi connectivity index (χ4v) is 1.59. The lowest BCUT2D eigenvalue weighted by Crippen LogP contribution is -2.60. The lowest BCUT2D eigenvalue weighted by molar-refractivity contribution is -0.140. The van der Waals surface area contributed by atoms with Crippen LogP contribution in [0.5, 0.6) is 0 Å². The summed E-state index contributed by atoms with van der Waals surface area (Å²) in [5.74, 6) is -0.0218. The number of nitriles is 1. The van der Waals surface area contributed by atoms with Gasteiger partial charge >= 0.3 is 0 Å². The molecule has 4 heteroatoms. The van der Waals surface area contributed by atoms with E-state index in [0.717, 1.165) is 19.3 Å². The molecule has 78 valence electrons. The zero-order chi connectivity index (χ0) is 10.8. The molecule has 1 saturated carbocycles. The Hall–Kier alpha value is -1.08. The fraction of sp³-hybridized carbons (Fsp3) is 0.800. The van der Waals surface area contributed by atoms with Gasteiger partial charge in [-0.25, -0.2) is 0 Å². The van der Waals surface area contributed by atoms with Crippen molar-refractivity contribution in [3.05, 3.63) is 0 Å². The first kappa shape index (κ1) is 11.0. The van der Waals surface area contributed by atoms with Crippen molar-refractivity contribution in [3.63, 3.8) is 0 Å². The van der Waals surface area contributed by atoms with Crippen LogP contribution in [0.4, 0.5) is 0 Å². The van der Waals surface area contributed by atoms with Crippen LogP contribution in [-0.2, 0) is 4.79 Å². The maximum atomic E-state index is 11.9. The maximum absolute atomic E-state index is 11.9. The zero-order valence-electron chi connectivity index (χ0n) is 8.79. The second kappa shape index (κ2) is 3.97. The highest BCUT2D eigenvalue weighted by molar-refractivity contribution is 5.87. The van der Waals surface area contributed by atoms with Crippen molar-refractivity contribution in [2.75, 3.05) is 7.05 Å². The minimum absolute atomic E-state index is 0.0218. The number of amides is 1. The number of likely N-dealkylation sites (N-methyl/N-ethyl adjacent to an activating group) is 1. The van der Waals surface area contributed by atoms with E-state index in [9.17, 15) is 4.79 Å². The highest BCUT2D eigenvalue weighted by Gasteiger charge is 2.42. The first-order valence-corrected chi connectivity index (χ1v) is 4.94. The third-order valence-corrected chi connectivity index (χ3v) is 3.04. The van der Waals surface area contributed by atoms with E-state index in [-0.39, 0.29) is 11.9 Å². The van der Waals surface area contributed by atoms with Crippen molar-refractivity contribution in [1.29, 1.82) is 5.26 Å². The van der Waals surface area contributed by atoms with E-state index in [0.29, 0.717) is 6.42 Å². The molecule has 0 bridgehead atoms. The van der Waals surface area contributed by atoms with Crippen LogP contribution in [0.15, 0.2) is 0 Å². The van der Waals surface area contributed by atoms with Crippen molar-refractivity contribution in [1.82, 2.24) is 4.90 Å². The number of hydrogen-bond acceptors (Lipinski definition) is 3. The van der Waals surface area contributed by atoms with Gasteiger partial charge in [-0.15, -0.1) is 0 Å². The summed E-state index contributed by atoms with van der Waals surface area (Å²) < 4.78 is 0. The van der Waals surface area contributed by atoms with Gasteiger partial charge in [0.2, 0.25) is 5.91 Å². The first-order valence-electron chi connectivity index (χ1n) is 4.94. The minimum Gasteiger partial charge on any atom is -0.340 e. The molecule has 0 heterocycles. The van der Waals surface area contributed by atoms with Crippen molar-refractivity contribution >= 4 is 5.91 Å². The summed E-state index contributed by atoms with van der Waals surface area (Å²) in [6, 6.07) is 2.01. The van der Waals surface area contributed by atoms with E-state index in [4.69, 9.17) is 11.0 Å². The van der Waals surface area contributed by atoms with Crippen LogP contribution in [-0.4, -0.2) is 29.4 Å². The van der Waals surface area contributed by atoms with E-state index in [2.05, 4.69) is 6.07 Å². The molecular formula is C10H17N3O. The van der Waals surface area contributed by atoms with Crippen molar-refractivity contribution in [2.24, 2.45) is 5.73 Å².